The van der Waals surface area contributed by atoms with Crippen molar-refractivity contribution in [3.8, 4) is 0 Å². The molecule has 0 aromatic carbocycles. The summed E-state index contributed by atoms with van der Waals surface area (Å²) < 4.78 is 15.5. The molecule has 0 aliphatic rings. The van der Waals surface area contributed by atoms with Crippen LogP contribution in [-0.2, 0) is 19.0 Å². The van der Waals surface area contributed by atoms with Crippen LogP contribution in [0.5, 0.6) is 0 Å². The number of hydrogen-bond acceptors (Lipinski definition) is 4. The Kier molecular flexibility index (Phi) is 16.9. The minimum atomic E-state index is -0.0797. The zero-order chi connectivity index (χ0) is 15.6. The van der Waals surface area contributed by atoms with Crippen LogP contribution >= 0.6 is 0 Å². The summed E-state index contributed by atoms with van der Waals surface area (Å²) in [6, 6.07) is 0. The molecular formula is C17H33O4. The van der Waals surface area contributed by atoms with E-state index in [-0.39, 0.29) is 5.97 Å². The van der Waals surface area contributed by atoms with Crippen LogP contribution in [0.15, 0.2) is 0 Å². The van der Waals surface area contributed by atoms with E-state index in [1.54, 1.807) is 0 Å². The Hall–Kier alpha value is -0.610. The molecule has 0 bridgehead atoms. The topological polar surface area (TPSA) is 44.8 Å². The lowest BCUT2D eigenvalue weighted by Gasteiger charge is -2.06. The normalized spacial score (nSPS) is 10.8. The molecule has 0 rings (SSSR count). The third kappa shape index (κ3) is 17.3. The van der Waals surface area contributed by atoms with Gasteiger partial charge in [-0.3, -0.25) is 4.79 Å². The fraction of sp³-hybridized carbons (Fsp3) is 0.882. The summed E-state index contributed by atoms with van der Waals surface area (Å²) in [5, 5.41) is 0. The number of ether oxygens (including phenoxy) is 3. The van der Waals surface area contributed by atoms with Crippen LogP contribution in [-0.4, -0.2) is 39.0 Å². The summed E-state index contributed by atoms with van der Waals surface area (Å²) in [7, 11) is 0. The van der Waals surface area contributed by atoms with Crippen LogP contribution in [0.2, 0.25) is 0 Å². The maximum atomic E-state index is 11.5. The average Bonchev–Trinajstić information content (AvgIpc) is 2.49. The molecule has 4 nitrogen and oxygen atoms in total. The van der Waals surface area contributed by atoms with E-state index in [2.05, 4.69) is 13.8 Å². The van der Waals surface area contributed by atoms with E-state index in [1.807, 2.05) is 0 Å². The van der Waals surface area contributed by atoms with Gasteiger partial charge in [0.1, 0.15) is 0 Å². The van der Waals surface area contributed by atoms with Crippen LogP contribution in [0, 0.1) is 6.92 Å². The fourth-order valence-electron chi connectivity index (χ4n) is 1.97. The highest BCUT2D eigenvalue weighted by Crippen LogP contribution is 2.08. The van der Waals surface area contributed by atoms with Crippen molar-refractivity contribution in [2.24, 2.45) is 0 Å². The first-order valence-electron chi connectivity index (χ1n) is 8.41. The van der Waals surface area contributed by atoms with Gasteiger partial charge in [-0.2, -0.15) is 0 Å². The molecule has 0 atom stereocenters. The van der Waals surface area contributed by atoms with E-state index in [0.717, 1.165) is 19.3 Å². The Morgan fingerprint density at radius 1 is 0.810 bits per heavy atom. The van der Waals surface area contributed by atoms with E-state index in [9.17, 15) is 4.79 Å². The number of carbonyl (C=O) groups is 1. The molecule has 0 aliphatic heterocycles. The zero-order valence-corrected chi connectivity index (χ0v) is 13.7. The second-order valence-electron chi connectivity index (χ2n) is 5.17. The maximum absolute atomic E-state index is 11.5. The number of esters is 1. The Labute approximate surface area is 130 Å². The van der Waals surface area contributed by atoms with Crippen molar-refractivity contribution in [1.29, 1.82) is 0 Å². The quantitative estimate of drug-likeness (QED) is 0.320. The monoisotopic (exact) mass is 301 g/mol. The highest BCUT2D eigenvalue weighted by Gasteiger charge is 2.02. The maximum Gasteiger partial charge on any atom is 0.305 e. The van der Waals surface area contributed by atoms with E-state index < -0.39 is 0 Å². The molecule has 0 N–H and O–H groups in total. The molecule has 0 spiro atoms. The molecule has 1 radical (unpaired) electrons. The Morgan fingerprint density at radius 3 is 2.19 bits per heavy atom. The first-order valence-corrected chi connectivity index (χ1v) is 8.41. The fourth-order valence-corrected chi connectivity index (χ4v) is 1.97. The third-order valence-electron chi connectivity index (χ3n) is 3.20. The summed E-state index contributed by atoms with van der Waals surface area (Å²) in [6.45, 7) is 8.45. The predicted octanol–water partition coefficient (Wildman–Crippen LogP) is 3.93. The van der Waals surface area contributed by atoms with Crippen LogP contribution in [0.3, 0.4) is 0 Å². The molecule has 4 heteroatoms. The van der Waals surface area contributed by atoms with Gasteiger partial charge in [-0.15, -0.1) is 0 Å². The van der Waals surface area contributed by atoms with E-state index in [4.69, 9.17) is 14.2 Å². The number of carbonyl (C=O) groups excluding carboxylic acids is 1. The van der Waals surface area contributed by atoms with Gasteiger partial charge in [0, 0.05) is 26.1 Å². The molecule has 0 unspecified atom stereocenters. The summed E-state index contributed by atoms with van der Waals surface area (Å²) in [4.78, 5) is 11.5. The third-order valence-corrected chi connectivity index (χ3v) is 3.20. The number of unbranched alkanes of at least 4 members (excludes halogenated alkanes) is 6. The van der Waals surface area contributed by atoms with Gasteiger partial charge in [-0.1, -0.05) is 45.4 Å². The second-order valence-corrected chi connectivity index (χ2v) is 5.17. The second kappa shape index (κ2) is 17.4. The standard InChI is InChI=1S/C17H33O4/c1-3-5-6-7-8-9-10-12-17(18)21-14-11-13-20-16-15-19-4-2/h2-16H2,1H3. The highest BCUT2D eigenvalue weighted by molar-refractivity contribution is 5.69. The van der Waals surface area contributed by atoms with E-state index in [0.29, 0.717) is 39.5 Å². The predicted molar refractivity (Wildman–Crippen MR) is 85.2 cm³/mol. The van der Waals surface area contributed by atoms with Crippen molar-refractivity contribution >= 4 is 5.97 Å². The molecule has 0 aliphatic carbocycles. The van der Waals surface area contributed by atoms with E-state index in [1.165, 1.54) is 32.1 Å². The zero-order valence-electron chi connectivity index (χ0n) is 13.7. The van der Waals surface area contributed by atoms with Crippen molar-refractivity contribution < 1.29 is 19.0 Å². The van der Waals surface area contributed by atoms with Gasteiger partial charge in [0.15, 0.2) is 0 Å². The van der Waals surface area contributed by atoms with Crippen molar-refractivity contribution in [2.75, 3.05) is 33.0 Å². The lowest BCUT2D eigenvalue weighted by Crippen LogP contribution is -2.09. The molecule has 0 heterocycles. The summed E-state index contributed by atoms with van der Waals surface area (Å²) >= 11 is 0. The molecule has 0 aromatic heterocycles. The smallest absolute Gasteiger partial charge is 0.305 e. The van der Waals surface area contributed by atoms with Crippen molar-refractivity contribution in [3.05, 3.63) is 6.92 Å². The van der Waals surface area contributed by atoms with Crippen LogP contribution in [0.4, 0.5) is 0 Å². The van der Waals surface area contributed by atoms with Crippen molar-refractivity contribution in [1.82, 2.24) is 0 Å². The highest BCUT2D eigenvalue weighted by atomic mass is 16.5. The lowest BCUT2D eigenvalue weighted by molar-refractivity contribution is -0.144. The van der Waals surface area contributed by atoms with Crippen molar-refractivity contribution in [3.63, 3.8) is 0 Å². The van der Waals surface area contributed by atoms with Crippen molar-refractivity contribution in [2.45, 2.75) is 64.7 Å². The molecule has 21 heavy (non-hydrogen) atoms. The van der Waals surface area contributed by atoms with Crippen LogP contribution in [0.1, 0.15) is 64.7 Å². The largest absolute Gasteiger partial charge is 0.466 e. The average molecular weight is 301 g/mol. The molecule has 0 aromatic rings. The minimum Gasteiger partial charge on any atom is -0.466 e. The minimum absolute atomic E-state index is 0.0797. The van der Waals surface area contributed by atoms with Gasteiger partial charge in [0.2, 0.25) is 0 Å². The van der Waals surface area contributed by atoms with Crippen LogP contribution < -0.4 is 0 Å². The molecule has 0 saturated carbocycles. The van der Waals surface area contributed by atoms with Gasteiger partial charge in [0.25, 0.3) is 0 Å². The van der Waals surface area contributed by atoms with Crippen LogP contribution in [0.25, 0.3) is 0 Å². The van der Waals surface area contributed by atoms with Gasteiger partial charge < -0.3 is 14.2 Å². The Balaban J connectivity index is 3.13. The first-order chi connectivity index (χ1) is 10.3. The molecular weight excluding hydrogens is 268 g/mol. The number of rotatable bonds is 16. The SMILES string of the molecule is [CH2]COCCOCCCOC(=O)CCCCCCCCC. The van der Waals surface area contributed by atoms with Gasteiger partial charge in [-0.25, -0.2) is 0 Å². The molecule has 0 fully saturated rings. The molecule has 0 saturated heterocycles. The molecule has 0 amide bonds. The summed E-state index contributed by atoms with van der Waals surface area (Å²) in [5.41, 5.74) is 0. The summed E-state index contributed by atoms with van der Waals surface area (Å²) in [6.07, 6.45) is 9.82. The molecule has 125 valence electrons. The van der Waals surface area contributed by atoms with Gasteiger partial charge in [-0.05, 0) is 13.3 Å². The van der Waals surface area contributed by atoms with Gasteiger partial charge in [0.05, 0.1) is 19.8 Å². The number of hydrogen-bond donors (Lipinski definition) is 0. The Bertz CT molecular complexity index is 219. The Morgan fingerprint density at radius 2 is 1.48 bits per heavy atom. The first kappa shape index (κ1) is 20.4. The lowest BCUT2D eigenvalue weighted by atomic mass is 10.1. The van der Waals surface area contributed by atoms with Gasteiger partial charge >= 0.3 is 5.97 Å². The van der Waals surface area contributed by atoms with E-state index >= 15 is 0 Å². The summed E-state index contributed by atoms with van der Waals surface area (Å²) in [5.74, 6) is -0.0797.